The van der Waals surface area contributed by atoms with Crippen LogP contribution in [0.1, 0.15) is 5.56 Å². The van der Waals surface area contributed by atoms with Crippen molar-refractivity contribution in [3.05, 3.63) is 303 Å². The molecule has 0 bridgehead atoms. The van der Waals surface area contributed by atoms with Crippen molar-refractivity contribution >= 4 is 43.4 Å². The molecular weight excluding hydrogens is 1130 g/mol. The van der Waals surface area contributed by atoms with Gasteiger partial charge in [-0.25, -0.2) is 9.97 Å². The Hall–Kier alpha value is -9.51. The molecule has 4 aromatic heterocycles. The van der Waals surface area contributed by atoms with Gasteiger partial charge in [-0.1, -0.05) is 194 Å². The number of aromatic nitrogens is 4. The molecule has 0 unspecified atom stereocenters. The van der Waals surface area contributed by atoms with Gasteiger partial charge in [0.25, 0.3) is 0 Å². The van der Waals surface area contributed by atoms with Crippen LogP contribution in [0.5, 0.6) is 0 Å². The van der Waals surface area contributed by atoms with Crippen LogP contribution in [-0.4, -0.2) is 19.9 Å². The molecule has 0 spiro atoms. The van der Waals surface area contributed by atoms with Crippen molar-refractivity contribution in [1.29, 1.82) is 0 Å². The van der Waals surface area contributed by atoms with Gasteiger partial charge in [0, 0.05) is 60.0 Å². The summed E-state index contributed by atoms with van der Waals surface area (Å²) in [6.07, 6.45) is 3.73. The van der Waals surface area contributed by atoms with E-state index < -0.39 is 0 Å². The van der Waals surface area contributed by atoms with E-state index in [4.69, 9.17) is 9.97 Å². The molecule has 14 rings (SSSR count). The normalized spacial score (nSPS) is 10.8. The van der Waals surface area contributed by atoms with Crippen molar-refractivity contribution in [1.82, 2.24) is 19.9 Å². The van der Waals surface area contributed by atoms with Crippen molar-refractivity contribution in [2.24, 2.45) is 0 Å². The summed E-state index contributed by atoms with van der Waals surface area (Å²) in [6.45, 7) is 2.12. The zero-order chi connectivity index (χ0) is 51.8. The Kier molecular flexibility index (Phi) is 15.3. The minimum absolute atomic E-state index is 0. The second kappa shape index (κ2) is 23.6. The number of hydrogen-bond acceptors (Lipinski definition) is 4. The molecule has 0 saturated carbocycles. The predicted molar refractivity (Wildman–Crippen MR) is 321 cm³/mol. The number of benzene rings is 10. The Morgan fingerprint density at radius 1 is 0.308 bits per heavy atom. The number of pyridine rings is 4. The molecule has 4 nitrogen and oxygen atoms in total. The quantitative estimate of drug-likeness (QED) is 0.118. The number of aryl methyl sites for hydroxylation is 1. The average molecular weight is 1180 g/mol. The van der Waals surface area contributed by atoms with E-state index in [9.17, 15) is 0 Å². The molecule has 0 atom stereocenters. The molecule has 0 fully saturated rings. The fourth-order valence-electron chi connectivity index (χ4n) is 9.93. The van der Waals surface area contributed by atoms with Gasteiger partial charge in [0.2, 0.25) is 0 Å². The maximum atomic E-state index is 5.42. The first-order valence-electron chi connectivity index (χ1n) is 25.8. The molecular formula is C73H50IrN4-2. The predicted octanol–water partition coefficient (Wildman–Crippen LogP) is 18.8. The Morgan fingerprint density at radius 3 is 1.19 bits per heavy atom. The van der Waals surface area contributed by atoms with Gasteiger partial charge >= 0.3 is 0 Å². The summed E-state index contributed by atoms with van der Waals surface area (Å²) >= 11 is 0. The van der Waals surface area contributed by atoms with Crippen LogP contribution in [0.4, 0.5) is 0 Å². The largest absolute Gasteiger partial charge is 0.305 e. The zero-order valence-corrected chi connectivity index (χ0v) is 45.2. The van der Waals surface area contributed by atoms with Crippen LogP contribution in [0.2, 0.25) is 0 Å². The fraction of sp³-hybridized carbons (Fsp3) is 0.0137. The molecule has 0 N–H and O–H groups in total. The second-order valence-corrected chi connectivity index (χ2v) is 18.8. The Morgan fingerprint density at radius 2 is 0.744 bits per heavy atom. The zero-order valence-electron chi connectivity index (χ0n) is 42.8. The second-order valence-electron chi connectivity index (χ2n) is 18.8. The number of fused-ring (bicyclic) bond motifs is 5. The Bertz CT molecular complexity index is 4090. The Labute approximate surface area is 468 Å². The van der Waals surface area contributed by atoms with E-state index in [1.54, 1.807) is 6.20 Å². The van der Waals surface area contributed by atoms with Crippen molar-refractivity contribution in [3.63, 3.8) is 0 Å². The molecule has 14 aromatic rings. The molecule has 4 heterocycles. The van der Waals surface area contributed by atoms with Crippen molar-refractivity contribution < 1.29 is 20.1 Å². The molecule has 0 aliphatic carbocycles. The van der Waals surface area contributed by atoms with Gasteiger partial charge in [0.15, 0.2) is 0 Å². The first kappa shape index (κ1) is 50.6. The van der Waals surface area contributed by atoms with Crippen molar-refractivity contribution in [3.8, 4) is 78.4 Å². The van der Waals surface area contributed by atoms with Crippen LogP contribution in [0.15, 0.2) is 285 Å². The van der Waals surface area contributed by atoms with Gasteiger partial charge in [-0.05, 0) is 104 Å². The number of hydrogen-bond donors (Lipinski definition) is 0. The van der Waals surface area contributed by atoms with E-state index in [-0.39, 0.29) is 20.1 Å². The summed E-state index contributed by atoms with van der Waals surface area (Å²) in [5.41, 5.74) is 18.1. The van der Waals surface area contributed by atoms with Gasteiger partial charge < -0.3 is 9.97 Å². The van der Waals surface area contributed by atoms with Crippen LogP contribution >= 0.6 is 0 Å². The minimum atomic E-state index is 0. The van der Waals surface area contributed by atoms with Crippen LogP contribution in [0.3, 0.4) is 0 Å². The van der Waals surface area contributed by atoms with E-state index in [2.05, 4.69) is 217 Å². The average Bonchev–Trinajstić information content (AvgIpc) is 3.57. The third-order valence-corrected chi connectivity index (χ3v) is 13.8. The number of nitrogens with zero attached hydrogens (tertiary/aromatic N) is 4. The molecule has 0 amide bonds. The summed E-state index contributed by atoms with van der Waals surface area (Å²) in [4.78, 5) is 19.6. The molecule has 5 heteroatoms. The summed E-state index contributed by atoms with van der Waals surface area (Å²) < 4.78 is 0. The number of rotatable bonds is 7. The third-order valence-electron chi connectivity index (χ3n) is 13.8. The van der Waals surface area contributed by atoms with E-state index in [0.29, 0.717) is 0 Å². The van der Waals surface area contributed by atoms with Crippen molar-refractivity contribution in [2.45, 2.75) is 6.92 Å². The first-order valence-corrected chi connectivity index (χ1v) is 25.8. The van der Waals surface area contributed by atoms with E-state index in [0.717, 1.165) is 89.1 Å². The third kappa shape index (κ3) is 11.1. The van der Waals surface area contributed by atoms with Crippen molar-refractivity contribution in [2.75, 3.05) is 0 Å². The fourth-order valence-corrected chi connectivity index (χ4v) is 9.93. The summed E-state index contributed by atoms with van der Waals surface area (Å²) in [7, 11) is 0. The monoisotopic (exact) mass is 1180 g/mol. The van der Waals surface area contributed by atoms with Gasteiger partial charge in [0.1, 0.15) is 0 Å². The summed E-state index contributed by atoms with van der Waals surface area (Å²) in [6, 6.07) is 101. The molecule has 0 aliphatic rings. The van der Waals surface area contributed by atoms with Crippen LogP contribution in [0, 0.1) is 19.1 Å². The SMILES string of the molecule is Cc1cc(-c2[c-]cccc2)ncc1-c1ccccc1.[Ir].[c-]1ccccc1-c1ccccn1.c1ccc(-c2cc(-c3ccc4ccccc4c3)nc3c2ccc2c(-c4ccccc4)cc(-c4ccc5ccccc5c4)nc23)cc1. The van der Waals surface area contributed by atoms with E-state index in [1.807, 2.05) is 91.1 Å². The maximum absolute atomic E-state index is 5.42. The molecule has 78 heavy (non-hydrogen) atoms. The molecule has 0 aliphatic heterocycles. The van der Waals surface area contributed by atoms with Crippen LogP contribution in [0.25, 0.3) is 122 Å². The van der Waals surface area contributed by atoms with Gasteiger partial charge in [0.05, 0.1) is 22.4 Å². The minimum Gasteiger partial charge on any atom is -0.305 e. The smallest absolute Gasteiger partial charge is 0.0978 e. The topological polar surface area (TPSA) is 51.6 Å². The van der Waals surface area contributed by atoms with E-state index in [1.165, 1.54) is 38.2 Å². The molecule has 0 saturated heterocycles. The Balaban J connectivity index is 0.000000164. The summed E-state index contributed by atoms with van der Waals surface area (Å²) in [5, 5.41) is 7.01. The molecule has 10 aromatic carbocycles. The summed E-state index contributed by atoms with van der Waals surface area (Å²) in [5.74, 6) is 0. The molecule has 1 radical (unpaired) electrons. The standard InChI is InChI=1S/C44H28N2.C18H14N.C11H8N.Ir/c1-3-13-31(14-4-1)39-27-41(35-21-19-29-11-7-9-17-33(29)25-35)45-43-37(39)23-24-38-40(32-15-5-2-6-16-32)28-42(46-44(38)43)36-22-20-30-12-8-10-18-34(30)26-36;1-14-12-18(16-10-6-3-7-11-16)19-13-17(14)15-8-4-2-5-9-15;1-2-6-10(7-3-1)11-8-4-5-9-12-11;/h1-28H;2-10,12-13H,1H3;1-6,8-9H;/q;2*-1;. The van der Waals surface area contributed by atoms with Gasteiger partial charge in [-0.3, -0.25) is 0 Å². The maximum Gasteiger partial charge on any atom is 0.0978 e. The van der Waals surface area contributed by atoms with Gasteiger partial charge in [-0.2, -0.15) is 0 Å². The van der Waals surface area contributed by atoms with Crippen LogP contribution < -0.4 is 0 Å². The first-order chi connectivity index (χ1) is 38.1. The van der Waals surface area contributed by atoms with Gasteiger partial charge in [-0.15, -0.1) is 71.8 Å². The molecule has 373 valence electrons. The van der Waals surface area contributed by atoms with E-state index >= 15 is 0 Å². The van der Waals surface area contributed by atoms with Crippen LogP contribution in [-0.2, 0) is 20.1 Å².